The maximum atomic E-state index is 5.73. The molecular weight excluding hydrogens is 208 g/mol. The van der Waals surface area contributed by atoms with Crippen molar-refractivity contribution < 1.29 is 13.9 Å². The molecule has 0 rings (SSSR count). The molecule has 0 fully saturated rings. The summed E-state index contributed by atoms with van der Waals surface area (Å²) in [7, 11) is -1.64. The van der Waals surface area contributed by atoms with Gasteiger partial charge in [-0.05, 0) is 33.5 Å². The molecule has 0 aromatic heterocycles. The van der Waals surface area contributed by atoms with E-state index in [2.05, 4.69) is 26.2 Å². The van der Waals surface area contributed by atoms with Gasteiger partial charge in [-0.3, -0.25) is 0 Å². The van der Waals surface area contributed by atoms with Gasteiger partial charge in [-0.25, -0.2) is 0 Å². The van der Waals surface area contributed by atoms with Crippen molar-refractivity contribution >= 4 is 8.32 Å². The monoisotopic (exact) mass is 230 g/mol. The highest BCUT2D eigenvalue weighted by Gasteiger charge is 2.18. The first-order valence-corrected chi connectivity index (χ1v) is 8.65. The molecule has 0 aromatic carbocycles. The highest BCUT2D eigenvalue weighted by molar-refractivity contribution is 6.69. The van der Waals surface area contributed by atoms with Gasteiger partial charge in [-0.2, -0.15) is 0 Å². The zero-order valence-electron chi connectivity index (χ0n) is 10.4. The molecule has 0 aliphatic heterocycles. The molecule has 0 aliphatic rings. The predicted molar refractivity (Wildman–Crippen MR) is 64.9 cm³/mol. The zero-order chi connectivity index (χ0) is 11.9. The molecule has 0 aliphatic carbocycles. The molecule has 0 unspecified atom stereocenters. The second-order valence-electron chi connectivity index (χ2n) is 4.01. The SMILES string of the molecule is C=C(/C=C(\OCC)O[Si](C)(C)C)OCC. The molecule has 0 heterocycles. The highest BCUT2D eigenvalue weighted by Crippen LogP contribution is 2.13. The maximum absolute atomic E-state index is 5.73. The van der Waals surface area contributed by atoms with Gasteiger partial charge in [0.05, 0.1) is 19.3 Å². The van der Waals surface area contributed by atoms with E-state index in [1.165, 1.54) is 0 Å². The Morgan fingerprint density at radius 3 is 2.07 bits per heavy atom. The van der Waals surface area contributed by atoms with Gasteiger partial charge < -0.3 is 13.9 Å². The molecule has 3 nitrogen and oxygen atoms in total. The second-order valence-corrected chi connectivity index (χ2v) is 8.44. The van der Waals surface area contributed by atoms with Crippen molar-refractivity contribution in [1.82, 2.24) is 0 Å². The maximum Gasteiger partial charge on any atom is 0.269 e. The van der Waals surface area contributed by atoms with Gasteiger partial charge in [0, 0.05) is 0 Å². The van der Waals surface area contributed by atoms with E-state index in [1.54, 1.807) is 6.08 Å². The molecule has 0 radical (unpaired) electrons. The number of hydrogen-bond acceptors (Lipinski definition) is 3. The average Bonchev–Trinajstić information content (AvgIpc) is 2.01. The molecule has 15 heavy (non-hydrogen) atoms. The normalized spacial score (nSPS) is 12.2. The topological polar surface area (TPSA) is 27.7 Å². The first-order chi connectivity index (χ1) is 6.89. The molecule has 0 saturated heterocycles. The van der Waals surface area contributed by atoms with Crippen LogP contribution in [0.15, 0.2) is 24.4 Å². The van der Waals surface area contributed by atoms with E-state index in [1.807, 2.05) is 13.8 Å². The van der Waals surface area contributed by atoms with E-state index in [4.69, 9.17) is 13.9 Å². The van der Waals surface area contributed by atoms with Crippen LogP contribution in [0.25, 0.3) is 0 Å². The molecular formula is C11H22O3Si. The van der Waals surface area contributed by atoms with Gasteiger partial charge in [0.25, 0.3) is 5.95 Å². The molecule has 0 saturated carbocycles. The minimum atomic E-state index is -1.64. The van der Waals surface area contributed by atoms with Crippen molar-refractivity contribution in [2.24, 2.45) is 0 Å². The lowest BCUT2D eigenvalue weighted by Gasteiger charge is -2.21. The van der Waals surface area contributed by atoms with Crippen molar-refractivity contribution in [3.63, 3.8) is 0 Å². The van der Waals surface area contributed by atoms with E-state index in [0.717, 1.165) is 0 Å². The van der Waals surface area contributed by atoms with E-state index in [-0.39, 0.29) is 0 Å². The predicted octanol–water partition coefficient (Wildman–Crippen LogP) is 3.27. The Morgan fingerprint density at radius 2 is 1.67 bits per heavy atom. The summed E-state index contributed by atoms with van der Waals surface area (Å²) in [6.45, 7) is 15.1. The third-order valence-corrected chi connectivity index (χ3v) is 2.12. The van der Waals surface area contributed by atoms with Crippen molar-refractivity contribution in [3.8, 4) is 0 Å². The third kappa shape index (κ3) is 8.12. The van der Waals surface area contributed by atoms with Gasteiger partial charge in [0.15, 0.2) is 0 Å². The molecule has 0 amide bonds. The largest absolute Gasteiger partial charge is 0.520 e. The first-order valence-electron chi connectivity index (χ1n) is 5.24. The fourth-order valence-electron chi connectivity index (χ4n) is 0.903. The molecule has 0 N–H and O–H groups in total. The van der Waals surface area contributed by atoms with Gasteiger partial charge in [-0.1, -0.05) is 6.58 Å². The average molecular weight is 230 g/mol. The lowest BCUT2D eigenvalue weighted by Crippen LogP contribution is -2.25. The van der Waals surface area contributed by atoms with E-state index in [0.29, 0.717) is 24.9 Å². The summed E-state index contributed by atoms with van der Waals surface area (Å²) in [5.74, 6) is 1.08. The minimum Gasteiger partial charge on any atom is -0.520 e. The molecule has 88 valence electrons. The fourth-order valence-corrected chi connectivity index (χ4v) is 1.62. The summed E-state index contributed by atoms with van der Waals surface area (Å²) in [5, 5.41) is 0. The summed E-state index contributed by atoms with van der Waals surface area (Å²) in [6.07, 6.45) is 1.70. The van der Waals surface area contributed by atoms with Crippen LogP contribution < -0.4 is 0 Å². The fraction of sp³-hybridized carbons (Fsp3) is 0.636. The Hall–Kier alpha value is -0.903. The Kier molecular flexibility index (Phi) is 6.16. The summed E-state index contributed by atoms with van der Waals surface area (Å²) < 4.78 is 16.3. The van der Waals surface area contributed by atoms with Crippen LogP contribution in [0.3, 0.4) is 0 Å². The summed E-state index contributed by atoms with van der Waals surface area (Å²) >= 11 is 0. The molecule has 0 atom stereocenters. The molecule has 0 aromatic rings. The van der Waals surface area contributed by atoms with Crippen LogP contribution in [0.1, 0.15) is 13.8 Å². The lowest BCUT2D eigenvalue weighted by atomic mass is 10.5. The van der Waals surface area contributed by atoms with Crippen molar-refractivity contribution in [2.75, 3.05) is 13.2 Å². The minimum absolute atomic E-state index is 0.509. The third-order valence-electron chi connectivity index (χ3n) is 1.30. The van der Waals surface area contributed by atoms with Crippen LogP contribution >= 0.6 is 0 Å². The Bertz CT molecular complexity index is 228. The number of ether oxygens (including phenoxy) is 2. The second kappa shape index (κ2) is 6.56. The lowest BCUT2D eigenvalue weighted by molar-refractivity contribution is 0.109. The van der Waals surface area contributed by atoms with Crippen LogP contribution in [0, 0.1) is 0 Å². The van der Waals surface area contributed by atoms with Crippen molar-refractivity contribution in [1.29, 1.82) is 0 Å². The van der Waals surface area contributed by atoms with Crippen LogP contribution in [-0.2, 0) is 13.9 Å². The summed E-state index contributed by atoms with van der Waals surface area (Å²) in [6, 6.07) is 0. The molecule has 0 spiro atoms. The van der Waals surface area contributed by atoms with Gasteiger partial charge in [0.1, 0.15) is 5.76 Å². The van der Waals surface area contributed by atoms with Gasteiger partial charge in [-0.15, -0.1) is 0 Å². The first kappa shape index (κ1) is 14.1. The van der Waals surface area contributed by atoms with Crippen LogP contribution in [-0.4, -0.2) is 21.5 Å². The summed E-state index contributed by atoms with van der Waals surface area (Å²) in [4.78, 5) is 0. The highest BCUT2D eigenvalue weighted by atomic mass is 28.4. The molecule has 4 heteroatoms. The zero-order valence-corrected chi connectivity index (χ0v) is 11.4. The van der Waals surface area contributed by atoms with Crippen LogP contribution in [0.5, 0.6) is 0 Å². The van der Waals surface area contributed by atoms with E-state index in [9.17, 15) is 0 Å². The Morgan fingerprint density at radius 1 is 1.13 bits per heavy atom. The summed E-state index contributed by atoms with van der Waals surface area (Å²) in [5.41, 5.74) is 0. The number of rotatable bonds is 7. The van der Waals surface area contributed by atoms with Crippen LogP contribution in [0.2, 0.25) is 19.6 Å². The number of allylic oxidation sites excluding steroid dienone is 1. The van der Waals surface area contributed by atoms with Crippen molar-refractivity contribution in [3.05, 3.63) is 24.4 Å². The Labute approximate surface area is 93.9 Å². The quantitative estimate of drug-likeness (QED) is 0.382. The molecule has 0 bridgehead atoms. The number of hydrogen-bond donors (Lipinski definition) is 0. The Balaban J connectivity index is 4.43. The van der Waals surface area contributed by atoms with Crippen LogP contribution in [0.4, 0.5) is 0 Å². The van der Waals surface area contributed by atoms with E-state index >= 15 is 0 Å². The van der Waals surface area contributed by atoms with E-state index < -0.39 is 8.32 Å². The smallest absolute Gasteiger partial charge is 0.269 e. The van der Waals surface area contributed by atoms with Gasteiger partial charge >= 0.3 is 0 Å². The van der Waals surface area contributed by atoms with Gasteiger partial charge in [0.2, 0.25) is 8.32 Å². The standard InChI is InChI=1S/C11H22O3Si/c1-7-12-10(3)9-11(13-8-2)14-15(4,5)6/h9H,3,7-8H2,1-2,4-6H3/b11-9+. The van der Waals surface area contributed by atoms with Crippen molar-refractivity contribution in [2.45, 2.75) is 33.5 Å².